The fraction of sp³-hybridized carbons (Fsp3) is 0.400. The summed E-state index contributed by atoms with van der Waals surface area (Å²) in [5.74, 6) is 0.327. The molecule has 1 N–H and O–H groups in total. The molecule has 1 rings (SSSR count). The monoisotopic (exact) mass is 215 g/mol. The van der Waals surface area contributed by atoms with Crippen LogP contribution in [0, 0.1) is 5.82 Å². The lowest BCUT2D eigenvalue weighted by molar-refractivity contribution is 0.626. The minimum atomic E-state index is -1.000. The predicted molar refractivity (Wildman–Crippen MR) is 56.2 cm³/mol. The molecule has 0 spiro atoms. The van der Waals surface area contributed by atoms with E-state index in [0.717, 1.165) is 13.0 Å². The van der Waals surface area contributed by atoms with Crippen molar-refractivity contribution in [1.29, 1.82) is 0 Å². The zero-order chi connectivity index (χ0) is 10.4. The van der Waals surface area contributed by atoms with Crippen LogP contribution in [0.15, 0.2) is 29.2 Å². The van der Waals surface area contributed by atoms with Gasteiger partial charge in [0.2, 0.25) is 0 Å². The van der Waals surface area contributed by atoms with Crippen LogP contribution in [-0.4, -0.2) is 23.6 Å². The third kappa shape index (κ3) is 3.55. The highest BCUT2D eigenvalue weighted by molar-refractivity contribution is 7.85. The van der Waals surface area contributed by atoms with Crippen LogP contribution in [0.4, 0.5) is 4.39 Å². The minimum absolute atomic E-state index is 0.291. The first kappa shape index (κ1) is 11.3. The molecule has 0 radical (unpaired) electrons. The van der Waals surface area contributed by atoms with Gasteiger partial charge >= 0.3 is 0 Å². The van der Waals surface area contributed by atoms with Gasteiger partial charge in [-0.15, -0.1) is 0 Å². The first-order valence-electron chi connectivity index (χ1n) is 4.52. The van der Waals surface area contributed by atoms with E-state index in [1.807, 2.05) is 7.05 Å². The number of rotatable bonds is 5. The van der Waals surface area contributed by atoms with Crippen molar-refractivity contribution in [3.8, 4) is 0 Å². The molecule has 0 aliphatic heterocycles. The molecule has 0 aliphatic carbocycles. The Balaban J connectivity index is 2.48. The van der Waals surface area contributed by atoms with E-state index >= 15 is 0 Å². The van der Waals surface area contributed by atoms with E-state index in [2.05, 4.69) is 5.32 Å². The Kier molecular flexibility index (Phi) is 4.76. The Morgan fingerprint density at radius 2 is 2.00 bits per heavy atom. The van der Waals surface area contributed by atoms with Crippen LogP contribution in [0.5, 0.6) is 0 Å². The third-order valence-electron chi connectivity index (χ3n) is 1.83. The van der Waals surface area contributed by atoms with Gasteiger partial charge in [-0.1, -0.05) is 0 Å². The predicted octanol–water partition coefficient (Wildman–Crippen LogP) is 1.54. The molecule has 0 amide bonds. The summed E-state index contributed by atoms with van der Waals surface area (Å²) in [6, 6.07) is 5.83. The van der Waals surface area contributed by atoms with Gasteiger partial charge in [-0.2, -0.15) is 0 Å². The Hall–Kier alpha value is -0.740. The molecule has 1 atom stereocenters. The highest BCUT2D eigenvalue weighted by Crippen LogP contribution is 2.08. The van der Waals surface area contributed by atoms with Crippen LogP contribution in [0.1, 0.15) is 6.42 Å². The summed E-state index contributed by atoms with van der Waals surface area (Å²) in [6.07, 6.45) is 0.862. The summed E-state index contributed by atoms with van der Waals surface area (Å²) in [4.78, 5) is 0.697. The first-order valence-corrected chi connectivity index (χ1v) is 5.84. The fourth-order valence-corrected chi connectivity index (χ4v) is 2.17. The normalized spacial score (nSPS) is 12.7. The Bertz CT molecular complexity index is 299. The Morgan fingerprint density at radius 3 is 2.57 bits per heavy atom. The van der Waals surface area contributed by atoms with E-state index in [4.69, 9.17) is 0 Å². The van der Waals surface area contributed by atoms with Gasteiger partial charge in [-0.25, -0.2) is 4.39 Å². The van der Waals surface area contributed by atoms with Crippen molar-refractivity contribution < 1.29 is 8.60 Å². The summed E-state index contributed by atoms with van der Waals surface area (Å²) in [7, 11) is 0.862. The molecule has 0 aliphatic rings. The van der Waals surface area contributed by atoms with E-state index in [1.165, 1.54) is 12.1 Å². The van der Waals surface area contributed by atoms with E-state index in [-0.39, 0.29) is 5.82 Å². The first-order chi connectivity index (χ1) is 6.74. The smallest absolute Gasteiger partial charge is 0.123 e. The quantitative estimate of drug-likeness (QED) is 0.755. The summed E-state index contributed by atoms with van der Waals surface area (Å²) < 4.78 is 24.1. The largest absolute Gasteiger partial charge is 0.320 e. The molecule has 78 valence electrons. The molecular formula is C10H14FNOS. The number of halogens is 1. The Morgan fingerprint density at radius 1 is 1.36 bits per heavy atom. The van der Waals surface area contributed by atoms with E-state index < -0.39 is 10.8 Å². The van der Waals surface area contributed by atoms with Crippen molar-refractivity contribution in [2.45, 2.75) is 11.3 Å². The van der Waals surface area contributed by atoms with Gasteiger partial charge in [0.25, 0.3) is 0 Å². The number of hydrogen-bond donors (Lipinski definition) is 1. The van der Waals surface area contributed by atoms with Crippen molar-refractivity contribution in [2.75, 3.05) is 19.3 Å². The van der Waals surface area contributed by atoms with Gasteiger partial charge in [0.1, 0.15) is 5.82 Å². The van der Waals surface area contributed by atoms with Crippen LogP contribution >= 0.6 is 0 Å². The zero-order valence-electron chi connectivity index (χ0n) is 8.13. The number of hydrogen-bond acceptors (Lipinski definition) is 2. The topological polar surface area (TPSA) is 29.1 Å². The molecule has 0 saturated heterocycles. The van der Waals surface area contributed by atoms with Crippen molar-refractivity contribution in [3.05, 3.63) is 30.1 Å². The Labute approximate surface area is 86.0 Å². The second-order valence-corrected chi connectivity index (χ2v) is 4.53. The van der Waals surface area contributed by atoms with Gasteiger partial charge in [0.05, 0.1) is 10.8 Å². The molecule has 1 aromatic rings. The molecule has 0 heterocycles. The average molecular weight is 215 g/mol. The van der Waals surface area contributed by atoms with Gasteiger partial charge in [-0.05, 0) is 44.3 Å². The van der Waals surface area contributed by atoms with Crippen LogP contribution < -0.4 is 5.32 Å². The summed E-state index contributed by atoms with van der Waals surface area (Å²) >= 11 is 0. The minimum Gasteiger partial charge on any atom is -0.320 e. The highest BCUT2D eigenvalue weighted by atomic mass is 32.2. The molecule has 14 heavy (non-hydrogen) atoms. The van der Waals surface area contributed by atoms with Crippen LogP contribution in [0.25, 0.3) is 0 Å². The second kappa shape index (κ2) is 5.88. The molecule has 1 aromatic carbocycles. The summed E-state index contributed by atoms with van der Waals surface area (Å²) in [5, 5.41) is 2.99. The average Bonchev–Trinajstić information content (AvgIpc) is 2.19. The molecule has 0 bridgehead atoms. The van der Waals surface area contributed by atoms with Gasteiger partial charge < -0.3 is 5.32 Å². The fourth-order valence-electron chi connectivity index (χ4n) is 1.08. The van der Waals surface area contributed by atoms with E-state index in [0.29, 0.717) is 10.6 Å². The van der Waals surface area contributed by atoms with Gasteiger partial charge in [0.15, 0.2) is 0 Å². The molecule has 0 aromatic heterocycles. The van der Waals surface area contributed by atoms with Gasteiger partial charge in [-0.3, -0.25) is 4.21 Å². The lowest BCUT2D eigenvalue weighted by Gasteiger charge is -2.01. The van der Waals surface area contributed by atoms with Crippen LogP contribution in [-0.2, 0) is 10.8 Å². The molecule has 2 nitrogen and oxygen atoms in total. The van der Waals surface area contributed by atoms with E-state index in [9.17, 15) is 8.60 Å². The standard InChI is InChI=1S/C10H14FNOS/c1-12-7-2-8-14(13)10-5-3-9(11)4-6-10/h3-6,12H,2,7-8H2,1H3. The third-order valence-corrected chi connectivity index (χ3v) is 3.29. The highest BCUT2D eigenvalue weighted by Gasteiger charge is 2.02. The molecule has 0 saturated carbocycles. The van der Waals surface area contributed by atoms with Crippen LogP contribution in [0.3, 0.4) is 0 Å². The second-order valence-electron chi connectivity index (χ2n) is 2.96. The maximum absolute atomic E-state index is 12.5. The van der Waals surface area contributed by atoms with Crippen molar-refractivity contribution in [3.63, 3.8) is 0 Å². The lowest BCUT2D eigenvalue weighted by Crippen LogP contribution is -2.11. The van der Waals surface area contributed by atoms with Crippen molar-refractivity contribution in [2.24, 2.45) is 0 Å². The van der Waals surface area contributed by atoms with Crippen molar-refractivity contribution in [1.82, 2.24) is 5.32 Å². The molecule has 1 unspecified atom stereocenters. The van der Waals surface area contributed by atoms with Crippen LogP contribution in [0.2, 0.25) is 0 Å². The maximum Gasteiger partial charge on any atom is 0.123 e. The SMILES string of the molecule is CNCCCS(=O)c1ccc(F)cc1. The van der Waals surface area contributed by atoms with Crippen molar-refractivity contribution >= 4 is 10.8 Å². The van der Waals surface area contributed by atoms with E-state index in [1.54, 1.807) is 12.1 Å². The van der Waals surface area contributed by atoms with Gasteiger partial charge in [0, 0.05) is 10.6 Å². The maximum atomic E-state index is 12.5. The zero-order valence-corrected chi connectivity index (χ0v) is 8.94. The lowest BCUT2D eigenvalue weighted by atomic mass is 10.4. The summed E-state index contributed by atoms with van der Waals surface area (Å²) in [6.45, 7) is 0.854. The number of nitrogens with one attached hydrogen (secondary N) is 1. The number of benzene rings is 1. The molecule has 0 fully saturated rings. The molecule has 4 heteroatoms. The summed E-state index contributed by atoms with van der Waals surface area (Å²) in [5.41, 5.74) is 0. The molecular weight excluding hydrogens is 201 g/mol.